The maximum absolute atomic E-state index is 11.9. The van der Waals surface area contributed by atoms with Crippen LogP contribution in [0.4, 0.5) is 0 Å². The number of thioether (sulfide) groups is 1. The standard InChI is InChI=1S/C21H35N2OS/c1-4-18(24)15-25-21-22(2)19(16-11-7-5-8-12-16)20(23(21)3)17-13-9-6-10-14-17/h16-17H,4-15H2,1-3H3/q+1. The molecule has 0 radical (unpaired) electrons. The first-order valence-electron chi connectivity index (χ1n) is 10.4. The minimum Gasteiger partial charge on any atom is -0.299 e. The van der Waals surface area contributed by atoms with Crippen molar-refractivity contribution in [3.8, 4) is 0 Å². The first-order chi connectivity index (χ1) is 12.1. The van der Waals surface area contributed by atoms with E-state index in [9.17, 15) is 4.79 Å². The van der Waals surface area contributed by atoms with E-state index < -0.39 is 0 Å². The van der Waals surface area contributed by atoms with Gasteiger partial charge in [0.1, 0.15) is 17.2 Å². The molecule has 0 spiro atoms. The van der Waals surface area contributed by atoms with Crippen molar-refractivity contribution in [3.63, 3.8) is 0 Å². The second kappa shape index (κ2) is 8.75. The molecule has 4 heteroatoms. The number of rotatable bonds is 6. The van der Waals surface area contributed by atoms with Crippen molar-refractivity contribution in [2.75, 3.05) is 5.75 Å². The van der Waals surface area contributed by atoms with Crippen molar-refractivity contribution in [2.24, 2.45) is 14.1 Å². The van der Waals surface area contributed by atoms with Gasteiger partial charge >= 0.3 is 5.16 Å². The molecule has 2 saturated carbocycles. The summed E-state index contributed by atoms with van der Waals surface area (Å²) in [7, 11) is 4.49. The average molecular weight is 364 g/mol. The first-order valence-corrected chi connectivity index (χ1v) is 11.3. The Morgan fingerprint density at radius 3 is 2.16 bits per heavy atom. The topological polar surface area (TPSA) is 25.9 Å². The average Bonchev–Trinajstić information content (AvgIpc) is 2.91. The minimum absolute atomic E-state index is 0.352. The SMILES string of the molecule is CCC(=O)CSc1n(C)c(C2CCCCC2)c(C2CCCCC2)[n+]1C. The van der Waals surface area contributed by atoms with E-state index in [1.54, 1.807) is 23.1 Å². The Kier molecular flexibility index (Phi) is 6.65. The number of imidazole rings is 1. The summed E-state index contributed by atoms with van der Waals surface area (Å²) in [6, 6.07) is 0. The van der Waals surface area contributed by atoms with E-state index in [2.05, 4.69) is 23.2 Å². The maximum atomic E-state index is 11.9. The van der Waals surface area contributed by atoms with E-state index in [0.29, 0.717) is 18.0 Å². The predicted octanol–water partition coefficient (Wildman–Crippen LogP) is 5.02. The van der Waals surface area contributed by atoms with Gasteiger partial charge in [-0.05, 0) is 37.4 Å². The van der Waals surface area contributed by atoms with E-state index in [0.717, 1.165) is 11.8 Å². The van der Waals surface area contributed by atoms with E-state index in [-0.39, 0.29) is 0 Å². The zero-order valence-corrected chi connectivity index (χ0v) is 17.2. The number of hydrogen-bond donors (Lipinski definition) is 0. The summed E-state index contributed by atoms with van der Waals surface area (Å²) < 4.78 is 4.90. The van der Waals surface area contributed by atoms with E-state index in [1.807, 2.05) is 6.92 Å². The molecule has 0 N–H and O–H groups in total. The lowest BCUT2D eigenvalue weighted by molar-refractivity contribution is -0.717. The molecule has 3 nitrogen and oxygen atoms in total. The fraction of sp³-hybridized carbons (Fsp3) is 0.810. The van der Waals surface area contributed by atoms with Crippen molar-refractivity contribution in [1.29, 1.82) is 0 Å². The van der Waals surface area contributed by atoms with Crippen molar-refractivity contribution in [1.82, 2.24) is 4.57 Å². The molecule has 0 saturated heterocycles. The van der Waals surface area contributed by atoms with Crippen molar-refractivity contribution in [2.45, 2.75) is 94.5 Å². The summed E-state index contributed by atoms with van der Waals surface area (Å²) in [5, 5.41) is 1.28. The molecule has 0 unspecified atom stereocenters. The zero-order chi connectivity index (χ0) is 17.8. The van der Waals surface area contributed by atoms with E-state index in [1.165, 1.54) is 69.4 Å². The number of carbonyl (C=O) groups excluding carboxylic acids is 1. The highest BCUT2D eigenvalue weighted by Crippen LogP contribution is 2.41. The van der Waals surface area contributed by atoms with Gasteiger partial charge in [-0.3, -0.25) is 4.79 Å². The Morgan fingerprint density at radius 1 is 1.04 bits per heavy atom. The molecule has 3 rings (SSSR count). The number of carbonyl (C=O) groups is 1. The number of aromatic nitrogens is 2. The normalized spacial score (nSPS) is 20.1. The Morgan fingerprint density at radius 2 is 1.60 bits per heavy atom. The lowest BCUT2D eigenvalue weighted by Crippen LogP contribution is -2.36. The van der Waals surface area contributed by atoms with Gasteiger partial charge in [-0.2, -0.15) is 0 Å². The van der Waals surface area contributed by atoms with E-state index >= 15 is 0 Å². The molecule has 2 aliphatic rings. The molecule has 0 atom stereocenters. The van der Waals surface area contributed by atoms with Crippen LogP contribution >= 0.6 is 11.8 Å². The third kappa shape index (κ3) is 4.15. The van der Waals surface area contributed by atoms with Crippen LogP contribution in [0, 0.1) is 0 Å². The minimum atomic E-state index is 0.352. The second-order valence-corrected chi connectivity index (χ2v) is 8.96. The Hall–Kier alpha value is -0.770. The molecule has 2 aliphatic carbocycles. The zero-order valence-electron chi connectivity index (χ0n) is 16.4. The second-order valence-electron chi connectivity index (χ2n) is 8.02. The van der Waals surface area contributed by atoms with Gasteiger partial charge in [-0.25, -0.2) is 9.13 Å². The molecular weight excluding hydrogens is 328 g/mol. The smallest absolute Gasteiger partial charge is 0.299 e. The lowest BCUT2D eigenvalue weighted by atomic mass is 9.80. The van der Waals surface area contributed by atoms with Crippen LogP contribution in [-0.4, -0.2) is 16.1 Å². The van der Waals surface area contributed by atoms with Gasteiger partial charge in [0.05, 0.1) is 19.8 Å². The molecule has 0 bridgehead atoms. The molecule has 1 heterocycles. The summed E-state index contributed by atoms with van der Waals surface area (Å²) >= 11 is 1.75. The van der Waals surface area contributed by atoms with Gasteiger partial charge < -0.3 is 0 Å². The third-order valence-electron chi connectivity index (χ3n) is 6.30. The van der Waals surface area contributed by atoms with Crippen LogP contribution in [0.3, 0.4) is 0 Å². The van der Waals surface area contributed by atoms with Crippen LogP contribution < -0.4 is 4.57 Å². The quantitative estimate of drug-likeness (QED) is 0.524. The van der Waals surface area contributed by atoms with Crippen molar-refractivity contribution in [3.05, 3.63) is 11.4 Å². The molecule has 140 valence electrons. The third-order valence-corrected chi connectivity index (χ3v) is 7.57. The summed E-state index contributed by atoms with van der Waals surface area (Å²) in [4.78, 5) is 11.9. The lowest BCUT2D eigenvalue weighted by Gasteiger charge is -2.24. The highest BCUT2D eigenvalue weighted by Gasteiger charge is 2.37. The van der Waals surface area contributed by atoms with Gasteiger partial charge in [-0.1, -0.05) is 45.4 Å². The fourth-order valence-electron chi connectivity index (χ4n) is 4.93. The number of Topliss-reactive ketones (excluding diaryl/α,β-unsaturated/α-hetero) is 1. The molecule has 0 aliphatic heterocycles. The first kappa shape index (κ1) is 19.0. The molecular formula is C21H35N2OS+. The van der Waals surface area contributed by atoms with Gasteiger partial charge in [-0.15, -0.1) is 0 Å². The molecule has 0 amide bonds. The summed E-state index contributed by atoms with van der Waals surface area (Å²) in [6.45, 7) is 1.97. The van der Waals surface area contributed by atoms with Crippen LogP contribution in [0.2, 0.25) is 0 Å². The van der Waals surface area contributed by atoms with Crippen molar-refractivity contribution < 1.29 is 9.36 Å². The fourth-order valence-corrected chi connectivity index (χ4v) is 6.01. The van der Waals surface area contributed by atoms with Gasteiger partial charge in [0.25, 0.3) is 0 Å². The molecule has 25 heavy (non-hydrogen) atoms. The molecule has 2 fully saturated rings. The number of hydrogen-bond acceptors (Lipinski definition) is 2. The van der Waals surface area contributed by atoms with Crippen LogP contribution in [0.1, 0.15) is 101 Å². The van der Waals surface area contributed by atoms with Crippen LogP contribution in [0.15, 0.2) is 5.16 Å². The number of nitrogens with zero attached hydrogens (tertiary/aromatic N) is 2. The van der Waals surface area contributed by atoms with Crippen molar-refractivity contribution >= 4 is 17.5 Å². The van der Waals surface area contributed by atoms with E-state index in [4.69, 9.17) is 0 Å². The molecule has 0 aromatic carbocycles. The summed E-state index contributed by atoms with van der Waals surface area (Å²) in [6.07, 6.45) is 14.3. The monoisotopic (exact) mass is 363 g/mol. The largest absolute Gasteiger partial charge is 0.318 e. The molecule has 1 aromatic heterocycles. The highest BCUT2D eigenvalue weighted by molar-refractivity contribution is 7.99. The number of ketones is 1. The Bertz CT molecular complexity index is 554. The van der Waals surface area contributed by atoms with Crippen LogP contribution in [0.5, 0.6) is 0 Å². The Balaban J connectivity index is 1.95. The highest BCUT2D eigenvalue weighted by atomic mass is 32.2. The summed E-state index contributed by atoms with van der Waals surface area (Å²) in [5.41, 5.74) is 3.20. The van der Waals surface area contributed by atoms with Gasteiger partial charge in [0.2, 0.25) is 0 Å². The Labute approximate surface area is 157 Å². The van der Waals surface area contributed by atoms with Gasteiger partial charge in [0, 0.05) is 18.3 Å². The van der Waals surface area contributed by atoms with Crippen LogP contribution in [0.25, 0.3) is 0 Å². The predicted molar refractivity (Wildman–Crippen MR) is 104 cm³/mol. The van der Waals surface area contributed by atoms with Crippen LogP contribution in [-0.2, 0) is 18.9 Å². The molecule has 1 aromatic rings. The summed E-state index contributed by atoms with van der Waals surface area (Å²) in [5.74, 6) is 2.40. The van der Waals surface area contributed by atoms with Gasteiger partial charge in [0.15, 0.2) is 0 Å². The maximum Gasteiger partial charge on any atom is 0.318 e.